The minimum atomic E-state index is -0.827. The van der Waals surface area contributed by atoms with Crippen molar-refractivity contribution in [1.29, 1.82) is 0 Å². The van der Waals surface area contributed by atoms with Gasteiger partial charge in [-0.15, -0.1) is 0 Å². The Hall–Kier alpha value is -1.26. The van der Waals surface area contributed by atoms with Crippen LogP contribution in [0.2, 0.25) is 0 Å². The largest absolute Gasteiger partial charge is 0.409 e. The van der Waals surface area contributed by atoms with Gasteiger partial charge in [0.1, 0.15) is 5.41 Å². The summed E-state index contributed by atoms with van der Waals surface area (Å²) in [5, 5.41) is 12.3. The zero-order chi connectivity index (χ0) is 15.4. The van der Waals surface area contributed by atoms with Gasteiger partial charge in [-0.3, -0.25) is 4.79 Å². The summed E-state index contributed by atoms with van der Waals surface area (Å²) in [5.41, 5.74) is 4.87. The van der Waals surface area contributed by atoms with Crippen molar-refractivity contribution in [2.45, 2.75) is 71.3 Å². The van der Waals surface area contributed by atoms with E-state index >= 15 is 0 Å². The zero-order valence-electron chi connectivity index (χ0n) is 13.3. The molecule has 0 heterocycles. The quantitative estimate of drug-likeness (QED) is 0.274. The molecule has 1 amide bonds. The molecule has 1 saturated carbocycles. The van der Waals surface area contributed by atoms with Crippen LogP contribution in [0.1, 0.15) is 65.7 Å². The van der Waals surface area contributed by atoms with Gasteiger partial charge in [-0.2, -0.15) is 0 Å². The number of rotatable bonds is 4. The maximum Gasteiger partial charge on any atom is 0.236 e. The number of nitrogens with two attached hydrogens (primary N) is 1. The van der Waals surface area contributed by atoms with Gasteiger partial charge in [0, 0.05) is 12.6 Å². The molecule has 0 aromatic rings. The van der Waals surface area contributed by atoms with Crippen molar-refractivity contribution in [1.82, 2.24) is 4.90 Å². The Kier molecular flexibility index (Phi) is 5.42. The van der Waals surface area contributed by atoms with Gasteiger partial charge < -0.3 is 15.8 Å². The molecule has 0 spiro atoms. The first-order chi connectivity index (χ1) is 9.31. The number of nitrogens with zero attached hydrogens (tertiary/aromatic N) is 2. The van der Waals surface area contributed by atoms with E-state index in [2.05, 4.69) is 12.1 Å². The van der Waals surface area contributed by atoms with Crippen LogP contribution in [0.15, 0.2) is 5.16 Å². The molecule has 0 unspecified atom stereocenters. The number of hydrogen-bond donors (Lipinski definition) is 2. The second-order valence-electron chi connectivity index (χ2n) is 6.51. The van der Waals surface area contributed by atoms with E-state index in [9.17, 15) is 4.79 Å². The van der Waals surface area contributed by atoms with Crippen LogP contribution in [0.4, 0.5) is 0 Å². The van der Waals surface area contributed by atoms with E-state index in [1.807, 2.05) is 20.9 Å². The number of carbonyl (C=O) groups excluding carboxylic acids is 1. The van der Waals surface area contributed by atoms with Crippen LogP contribution in [0.3, 0.4) is 0 Å². The second kappa shape index (κ2) is 6.46. The Labute approximate surface area is 122 Å². The van der Waals surface area contributed by atoms with E-state index in [1.54, 1.807) is 4.90 Å². The molecule has 3 N–H and O–H groups in total. The predicted octanol–water partition coefficient (Wildman–Crippen LogP) is 2.72. The van der Waals surface area contributed by atoms with Gasteiger partial charge in [-0.05, 0) is 33.1 Å². The monoisotopic (exact) mass is 283 g/mol. The maximum atomic E-state index is 13.0. The van der Waals surface area contributed by atoms with Gasteiger partial charge >= 0.3 is 0 Å². The fourth-order valence-electron chi connectivity index (χ4n) is 2.84. The Morgan fingerprint density at radius 2 is 1.80 bits per heavy atom. The predicted molar refractivity (Wildman–Crippen MR) is 80.7 cm³/mol. The molecule has 0 saturated heterocycles. The van der Waals surface area contributed by atoms with Crippen molar-refractivity contribution in [2.24, 2.45) is 16.3 Å². The van der Waals surface area contributed by atoms with Crippen molar-refractivity contribution in [2.75, 3.05) is 7.05 Å². The number of amidine groups is 1. The molecule has 0 aromatic carbocycles. The van der Waals surface area contributed by atoms with Gasteiger partial charge in [0.05, 0.1) is 0 Å². The van der Waals surface area contributed by atoms with E-state index in [1.165, 1.54) is 0 Å². The van der Waals surface area contributed by atoms with Crippen LogP contribution in [0.5, 0.6) is 0 Å². The number of hydrogen-bond acceptors (Lipinski definition) is 3. The zero-order valence-corrected chi connectivity index (χ0v) is 13.3. The molecule has 5 heteroatoms. The first kappa shape index (κ1) is 16.8. The fourth-order valence-corrected chi connectivity index (χ4v) is 2.84. The third kappa shape index (κ3) is 3.07. The lowest BCUT2D eigenvalue weighted by Crippen LogP contribution is -2.55. The summed E-state index contributed by atoms with van der Waals surface area (Å²) in [6.07, 6.45) is 6.31. The molecule has 0 aromatic heterocycles. The Morgan fingerprint density at radius 1 is 1.30 bits per heavy atom. The molecule has 116 valence electrons. The third-order valence-electron chi connectivity index (χ3n) is 5.04. The van der Waals surface area contributed by atoms with Gasteiger partial charge in [0.15, 0.2) is 5.84 Å². The molecular formula is C15H29N3O2. The molecule has 0 aliphatic heterocycles. The van der Waals surface area contributed by atoms with Crippen LogP contribution >= 0.6 is 0 Å². The van der Waals surface area contributed by atoms with Crippen LogP contribution in [0.25, 0.3) is 0 Å². The molecule has 0 bridgehead atoms. The standard InChI is InChI=1S/C15H29N3O2/c1-5-14(2,3)18(4)13(19)15(12(16)17-20)10-8-6-7-9-11-15/h20H,5-11H2,1-4H3,(H2,16,17). The normalized spacial score (nSPS) is 20.3. The van der Waals surface area contributed by atoms with E-state index in [4.69, 9.17) is 10.9 Å². The van der Waals surface area contributed by atoms with Gasteiger partial charge in [0.2, 0.25) is 5.91 Å². The van der Waals surface area contributed by atoms with Crippen LogP contribution < -0.4 is 5.73 Å². The number of amides is 1. The lowest BCUT2D eigenvalue weighted by Gasteiger charge is -2.41. The second-order valence-corrected chi connectivity index (χ2v) is 6.51. The molecule has 5 nitrogen and oxygen atoms in total. The van der Waals surface area contributed by atoms with E-state index in [-0.39, 0.29) is 17.3 Å². The maximum absolute atomic E-state index is 13.0. The summed E-state index contributed by atoms with van der Waals surface area (Å²) < 4.78 is 0. The average molecular weight is 283 g/mol. The Bertz CT molecular complexity index is 369. The molecule has 1 fully saturated rings. The molecule has 0 atom stereocenters. The Balaban J connectivity index is 3.14. The third-order valence-corrected chi connectivity index (χ3v) is 5.04. The highest BCUT2D eigenvalue weighted by Crippen LogP contribution is 2.38. The van der Waals surface area contributed by atoms with E-state index in [0.717, 1.165) is 32.1 Å². The number of carbonyl (C=O) groups is 1. The summed E-state index contributed by atoms with van der Waals surface area (Å²) in [4.78, 5) is 14.8. The van der Waals surface area contributed by atoms with Crippen LogP contribution in [0, 0.1) is 5.41 Å². The molecule has 0 radical (unpaired) electrons. The molecule has 1 rings (SSSR count). The first-order valence-electron chi connectivity index (χ1n) is 7.58. The smallest absolute Gasteiger partial charge is 0.236 e. The highest BCUT2D eigenvalue weighted by molar-refractivity contribution is 6.06. The fraction of sp³-hybridized carbons (Fsp3) is 0.867. The van der Waals surface area contributed by atoms with Crippen LogP contribution in [-0.4, -0.2) is 34.4 Å². The van der Waals surface area contributed by atoms with Crippen molar-refractivity contribution < 1.29 is 10.0 Å². The van der Waals surface area contributed by atoms with Gasteiger partial charge in [-0.25, -0.2) is 0 Å². The van der Waals surface area contributed by atoms with Crippen molar-refractivity contribution in [3.05, 3.63) is 0 Å². The van der Waals surface area contributed by atoms with Crippen molar-refractivity contribution in [3.63, 3.8) is 0 Å². The average Bonchev–Trinajstić information content (AvgIpc) is 2.71. The minimum absolute atomic E-state index is 0.0125. The van der Waals surface area contributed by atoms with E-state index < -0.39 is 5.41 Å². The lowest BCUT2D eigenvalue weighted by atomic mass is 9.76. The van der Waals surface area contributed by atoms with Crippen molar-refractivity contribution in [3.8, 4) is 0 Å². The highest BCUT2D eigenvalue weighted by atomic mass is 16.4. The Morgan fingerprint density at radius 3 is 2.20 bits per heavy atom. The molecule has 1 aliphatic rings. The first-order valence-corrected chi connectivity index (χ1v) is 7.58. The van der Waals surface area contributed by atoms with Crippen molar-refractivity contribution >= 4 is 11.7 Å². The topological polar surface area (TPSA) is 78.9 Å². The van der Waals surface area contributed by atoms with Gasteiger partial charge in [-0.1, -0.05) is 37.8 Å². The SMILES string of the molecule is CCC(C)(C)N(C)C(=O)C1(C(N)=NO)CCCCCC1. The highest BCUT2D eigenvalue weighted by Gasteiger charge is 2.46. The molecular weight excluding hydrogens is 254 g/mol. The molecule has 1 aliphatic carbocycles. The summed E-state index contributed by atoms with van der Waals surface area (Å²) >= 11 is 0. The number of oxime groups is 1. The minimum Gasteiger partial charge on any atom is -0.409 e. The van der Waals surface area contributed by atoms with Gasteiger partial charge in [0.25, 0.3) is 0 Å². The lowest BCUT2D eigenvalue weighted by molar-refractivity contribution is -0.142. The summed E-state index contributed by atoms with van der Waals surface area (Å²) in [6.45, 7) is 6.15. The van der Waals surface area contributed by atoms with Crippen LogP contribution in [-0.2, 0) is 4.79 Å². The summed E-state index contributed by atoms with van der Waals surface area (Å²) in [6, 6.07) is 0. The van der Waals surface area contributed by atoms with E-state index in [0.29, 0.717) is 12.8 Å². The summed E-state index contributed by atoms with van der Waals surface area (Å²) in [5.74, 6) is 0.0599. The summed E-state index contributed by atoms with van der Waals surface area (Å²) in [7, 11) is 1.82. The molecule has 20 heavy (non-hydrogen) atoms.